The Kier molecular flexibility index (Phi) is 5.12. The number of rotatable bonds is 4. The molecule has 1 saturated carbocycles. The average molecular weight is 416 g/mol. The Morgan fingerprint density at radius 1 is 1.17 bits per heavy atom. The number of anilines is 1. The number of aryl methyl sites for hydroxylation is 2. The van der Waals surface area contributed by atoms with Crippen LogP contribution in [0, 0.1) is 6.92 Å². The van der Waals surface area contributed by atoms with Crippen molar-refractivity contribution in [1.29, 1.82) is 0 Å². The summed E-state index contributed by atoms with van der Waals surface area (Å²) >= 11 is 6.55. The Balaban J connectivity index is 1.59. The van der Waals surface area contributed by atoms with Crippen molar-refractivity contribution in [3.8, 4) is 5.75 Å². The van der Waals surface area contributed by atoms with Gasteiger partial charge in [0.2, 0.25) is 11.9 Å². The lowest BCUT2D eigenvalue weighted by molar-refractivity contribution is 0.294. The molecule has 2 aliphatic rings. The molecule has 154 valence electrons. The minimum absolute atomic E-state index is 0.234. The summed E-state index contributed by atoms with van der Waals surface area (Å²) in [4.78, 5) is 10.8. The molecule has 0 radical (unpaired) electrons. The Morgan fingerprint density at radius 3 is 2.59 bits per heavy atom. The number of guanidine groups is 2. The van der Waals surface area contributed by atoms with E-state index in [1.807, 2.05) is 43.1 Å². The Morgan fingerprint density at radius 2 is 1.93 bits per heavy atom. The molecule has 1 aromatic heterocycles. The highest BCUT2D eigenvalue weighted by Crippen LogP contribution is 2.41. The molecule has 0 bridgehead atoms. The molecule has 29 heavy (non-hydrogen) atoms. The van der Waals surface area contributed by atoms with Crippen LogP contribution in [0.25, 0.3) is 0 Å². The molecule has 0 amide bonds. The van der Waals surface area contributed by atoms with Crippen molar-refractivity contribution in [2.24, 2.45) is 28.5 Å². The highest BCUT2D eigenvalue weighted by molar-refractivity contribution is 6.32. The number of aromatic nitrogens is 2. The quantitative estimate of drug-likeness (QED) is 0.797. The van der Waals surface area contributed by atoms with Crippen molar-refractivity contribution < 1.29 is 4.74 Å². The fraction of sp³-hybridized carbons (Fsp3) is 0.450. The van der Waals surface area contributed by atoms with Gasteiger partial charge < -0.3 is 16.2 Å². The van der Waals surface area contributed by atoms with E-state index in [-0.39, 0.29) is 5.96 Å². The first kappa shape index (κ1) is 19.6. The fourth-order valence-corrected chi connectivity index (χ4v) is 4.42. The van der Waals surface area contributed by atoms with E-state index in [2.05, 4.69) is 10.1 Å². The summed E-state index contributed by atoms with van der Waals surface area (Å²) in [6.45, 7) is 2.33. The summed E-state index contributed by atoms with van der Waals surface area (Å²) in [5.41, 5.74) is 14.5. The summed E-state index contributed by atoms with van der Waals surface area (Å²) in [5, 5.41) is 4.83. The van der Waals surface area contributed by atoms with E-state index >= 15 is 0 Å². The zero-order valence-corrected chi connectivity index (χ0v) is 17.5. The lowest BCUT2D eigenvalue weighted by Gasteiger charge is -2.45. The molecule has 4 rings (SSSR count). The van der Waals surface area contributed by atoms with Gasteiger partial charge in [-0.25, -0.2) is 4.99 Å². The lowest BCUT2D eigenvalue weighted by atomic mass is 9.87. The first-order valence-corrected chi connectivity index (χ1v) is 10.2. The molecule has 0 unspecified atom stereocenters. The molecule has 0 atom stereocenters. The van der Waals surface area contributed by atoms with Crippen molar-refractivity contribution >= 4 is 29.2 Å². The summed E-state index contributed by atoms with van der Waals surface area (Å²) in [6, 6.07) is 7.63. The standard InChI is InChI=1S/C20H26ClN7O/c1-13-10-15(27(2)26-13)12-29-17-7-6-14(11-16(17)21)28-19(23)24-18(22)25-20(28)8-4-3-5-9-20/h6-7,10-11H,3-5,8-9,12H2,1-2H3,(H4,22,23,24,25). The van der Waals surface area contributed by atoms with Gasteiger partial charge in [0.25, 0.3) is 0 Å². The summed E-state index contributed by atoms with van der Waals surface area (Å²) < 4.78 is 7.72. The predicted octanol–water partition coefficient (Wildman–Crippen LogP) is 3.07. The highest BCUT2D eigenvalue weighted by atomic mass is 35.5. The second-order valence-electron chi connectivity index (χ2n) is 7.62. The van der Waals surface area contributed by atoms with Crippen LogP contribution in [0.2, 0.25) is 5.02 Å². The van der Waals surface area contributed by atoms with Gasteiger partial charge in [-0.05, 0) is 56.9 Å². The average Bonchev–Trinajstić information content (AvgIpc) is 2.98. The van der Waals surface area contributed by atoms with Crippen LogP contribution in [0.1, 0.15) is 43.5 Å². The van der Waals surface area contributed by atoms with Gasteiger partial charge in [0, 0.05) is 12.7 Å². The van der Waals surface area contributed by atoms with Crippen LogP contribution in [0.5, 0.6) is 5.75 Å². The van der Waals surface area contributed by atoms with Crippen LogP contribution >= 0.6 is 11.6 Å². The second-order valence-corrected chi connectivity index (χ2v) is 8.03. The molecular formula is C20H26ClN7O. The molecule has 1 aliphatic carbocycles. The van der Waals surface area contributed by atoms with E-state index in [0.29, 0.717) is 23.3 Å². The van der Waals surface area contributed by atoms with Crippen molar-refractivity contribution in [1.82, 2.24) is 9.78 Å². The first-order valence-electron chi connectivity index (χ1n) is 9.79. The number of hydrogen-bond donors (Lipinski definition) is 2. The number of aliphatic imine (C=N–C) groups is 2. The summed E-state index contributed by atoms with van der Waals surface area (Å²) in [7, 11) is 1.89. The number of halogens is 1. The zero-order chi connectivity index (χ0) is 20.6. The van der Waals surface area contributed by atoms with Crippen LogP contribution in [-0.4, -0.2) is 27.4 Å². The summed E-state index contributed by atoms with van der Waals surface area (Å²) in [5.74, 6) is 1.18. The van der Waals surface area contributed by atoms with Crippen LogP contribution in [0.15, 0.2) is 34.3 Å². The molecule has 0 saturated heterocycles. The SMILES string of the molecule is Cc1cc(COc2ccc(N3C(N)=NC(N)=NC34CCCCC4)cc2Cl)n(C)n1. The van der Waals surface area contributed by atoms with Gasteiger partial charge in [-0.15, -0.1) is 0 Å². The van der Waals surface area contributed by atoms with E-state index in [9.17, 15) is 0 Å². The van der Waals surface area contributed by atoms with Crippen LogP contribution in [0.3, 0.4) is 0 Å². The van der Waals surface area contributed by atoms with Gasteiger partial charge in [0.1, 0.15) is 18.0 Å². The number of nitrogens with two attached hydrogens (primary N) is 2. The van der Waals surface area contributed by atoms with E-state index in [1.165, 1.54) is 6.42 Å². The molecule has 2 heterocycles. The topological polar surface area (TPSA) is 107 Å². The number of nitrogens with zero attached hydrogens (tertiary/aromatic N) is 5. The zero-order valence-electron chi connectivity index (χ0n) is 16.7. The van der Waals surface area contributed by atoms with Crippen molar-refractivity contribution in [3.63, 3.8) is 0 Å². The molecule has 8 nitrogen and oxygen atoms in total. The fourth-order valence-electron chi connectivity index (χ4n) is 4.19. The van der Waals surface area contributed by atoms with Gasteiger partial charge in [-0.3, -0.25) is 9.58 Å². The van der Waals surface area contributed by atoms with Crippen molar-refractivity contribution in [3.05, 3.63) is 40.7 Å². The van der Waals surface area contributed by atoms with Gasteiger partial charge in [-0.1, -0.05) is 18.0 Å². The highest BCUT2D eigenvalue weighted by Gasteiger charge is 2.42. The monoisotopic (exact) mass is 415 g/mol. The third-order valence-corrected chi connectivity index (χ3v) is 5.79. The minimum Gasteiger partial charge on any atom is -0.486 e. The molecule has 1 spiro atoms. The number of benzene rings is 1. The number of ether oxygens (including phenoxy) is 1. The maximum atomic E-state index is 6.55. The minimum atomic E-state index is -0.494. The first-order chi connectivity index (χ1) is 13.9. The van der Waals surface area contributed by atoms with Gasteiger partial charge >= 0.3 is 0 Å². The molecule has 1 aromatic carbocycles. The summed E-state index contributed by atoms with van der Waals surface area (Å²) in [6.07, 6.45) is 5.07. The van der Waals surface area contributed by atoms with E-state index in [0.717, 1.165) is 42.8 Å². The Hall–Kier alpha value is -2.74. The second kappa shape index (κ2) is 7.59. The number of hydrogen-bond acceptors (Lipinski definition) is 7. The molecule has 1 fully saturated rings. The van der Waals surface area contributed by atoms with Crippen molar-refractivity contribution in [2.75, 3.05) is 4.90 Å². The Bertz CT molecular complexity index is 975. The normalized spacial score (nSPS) is 18.5. The molecule has 1 aliphatic heterocycles. The van der Waals surface area contributed by atoms with E-state index < -0.39 is 5.66 Å². The molecule has 9 heteroatoms. The van der Waals surface area contributed by atoms with E-state index in [4.69, 9.17) is 32.8 Å². The van der Waals surface area contributed by atoms with Crippen LogP contribution in [0.4, 0.5) is 5.69 Å². The third-order valence-electron chi connectivity index (χ3n) is 5.50. The van der Waals surface area contributed by atoms with Crippen molar-refractivity contribution in [2.45, 2.75) is 51.3 Å². The lowest BCUT2D eigenvalue weighted by Crippen LogP contribution is -2.58. The maximum absolute atomic E-state index is 6.55. The van der Waals surface area contributed by atoms with Gasteiger partial charge in [-0.2, -0.15) is 10.1 Å². The molecule has 4 N–H and O–H groups in total. The molecular weight excluding hydrogens is 390 g/mol. The van der Waals surface area contributed by atoms with Crippen LogP contribution < -0.4 is 21.1 Å². The Labute approximate surface area is 175 Å². The predicted molar refractivity (Wildman–Crippen MR) is 115 cm³/mol. The third kappa shape index (κ3) is 3.76. The molecule has 2 aromatic rings. The van der Waals surface area contributed by atoms with Gasteiger partial charge in [0.05, 0.1) is 16.4 Å². The van der Waals surface area contributed by atoms with E-state index in [1.54, 1.807) is 4.68 Å². The van der Waals surface area contributed by atoms with Crippen LogP contribution in [-0.2, 0) is 13.7 Å². The smallest absolute Gasteiger partial charge is 0.220 e. The maximum Gasteiger partial charge on any atom is 0.220 e. The van der Waals surface area contributed by atoms with Gasteiger partial charge in [0.15, 0.2) is 0 Å². The largest absolute Gasteiger partial charge is 0.486 e.